The van der Waals surface area contributed by atoms with E-state index in [9.17, 15) is 4.79 Å². The SMILES string of the molecule is CCn1nc(C)c(Br)c1COc1cccc(C(=O)O)c1. The number of carboxylic acid groups (broad SMARTS) is 1. The van der Waals surface area contributed by atoms with E-state index in [0.29, 0.717) is 12.4 Å². The quantitative estimate of drug-likeness (QED) is 0.908. The normalized spacial score (nSPS) is 10.6. The van der Waals surface area contributed by atoms with Crippen molar-refractivity contribution in [3.05, 3.63) is 45.7 Å². The molecule has 0 radical (unpaired) electrons. The number of aromatic carboxylic acids is 1. The summed E-state index contributed by atoms with van der Waals surface area (Å²) in [6, 6.07) is 6.44. The number of carboxylic acids is 1. The predicted octanol–water partition coefficient (Wildman–Crippen LogP) is 3.25. The molecular formula is C14H15BrN2O3. The number of carbonyl (C=O) groups is 1. The molecule has 0 aliphatic rings. The topological polar surface area (TPSA) is 64.4 Å². The number of benzene rings is 1. The number of hydrogen-bond donors (Lipinski definition) is 1. The van der Waals surface area contributed by atoms with Gasteiger partial charge < -0.3 is 9.84 Å². The molecule has 0 unspecified atom stereocenters. The van der Waals surface area contributed by atoms with Crippen molar-refractivity contribution in [3.63, 3.8) is 0 Å². The van der Waals surface area contributed by atoms with Gasteiger partial charge in [-0.15, -0.1) is 0 Å². The third kappa shape index (κ3) is 3.01. The van der Waals surface area contributed by atoms with Crippen LogP contribution in [0.2, 0.25) is 0 Å². The van der Waals surface area contributed by atoms with Gasteiger partial charge in [0, 0.05) is 6.54 Å². The lowest BCUT2D eigenvalue weighted by molar-refractivity contribution is 0.0696. The average molecular weight is 339 g/mol. The smallest absolute Gasteiger partial charge is 0.335 e. The van der Waals surface area contributed by atoms with Crippen LogP contribution >= 0.6 is 15.9 Å². The molecule has 0 bridgehead atoms. The highest BCUT2D eigenvalue weighted by Gasteiger charge is 2.13. The molecule has 0 spiro atoms. The first kappa shape index (κ1) is 14.6. The number of hydrogen-bond acceptors (Lipinski definition) is 3. The summed E-state index contributed by atoms with van der Waals surface area (Å²) in [5, 5.41) is 13.3. The van der Waals surface area contributed by atoms with Gasteiger partial charge in [-0.05, 0) is 48.0 Å². The largest absolute Gasteiger partial charge is 0.487 e. The van der Waals surface area contributed by atoms with Gasteiger partial charge >= 0.3 is 5.97 Å². The molecule has 0 fully saturated rings. The fraction of sp³-hybridized carbons (Fsp3) is 0.286. The van der Waals surface area contributed by atoms with Gasteiger partial charge in [-0.3, -0.25) is 4.68 Å². The molecule has 0 amide bonds. The lowest BCUT2D eigenvalue weighted by atomic mass is 10.2. The van der Waals surface area contributed by atoms with E-state index in [-0.39, 0.29) is 5.56 Å². The Morgan fingerprint density at radius 3 is 2.90 bits per heavy atom. The van der Waals surface area contributed by atoms with Gasteiger partial charge in [-0.1, -0.05) is 6.07 Å². The number of aromatic nitrogens is 2. The van der Waals surface area contributed by atoms with Gasteiger partial charge in [0.15, 0.2) is 0 Å². The van der Waals surface area contributed by atoms with E-state index in [0.717, 1.165) is 22.4 Å². The summed E-state index contributed by atoms with van der Waals surface area (Å²) in [6.07, 6.45) is 0. The molecule has 6 heteroatoms. The van der Waals surface area contributed by atoms with E-state index < -0.39 is 5.97 Å². The van der Waals surface area contributed by atoms with Gasteiger partial charge in [-0.25, -0.2) is 4.79 Å². The third-order valence-corrected chi connectivity index (χ3v) is 3.94. The lowest BCUT2D eigenvalue weighted by Crippen LogP contribution is -2.07. The Morgan fingerprint density at radius 1 is 1.50 bits per heavy atom. The van der Waals surface area contributed by atoms with Crippen molar-refractivity contribution in [1.82, 2.24) is 9.78 Å². The van der Waals surface area contributed by atoms with Crippen LogP contribution in [-0.4, -0.2) is 20.9 Å². The highest BCUT2D eigenvalue weighted by molar-refractivity contribution is 9.10. The molecule has 0 saturated carbocycles. The first-order valence-corrected chi connectivity index (χ1v) is 7.00. The minimum atomic E-state index is -0.967. The van der Waals surface area contributed by atoms with Crippen molar-refractivity contribution in [2.24, 2.45) is 0 Å². The van der Waals surface area contributed by atoms with E-state index >= 15 is 0 Å². The molecule has 0 atom stereocenters. The maximum atomic E-state index is 10.9. The van der Waals surface area contributed by atoms with Gasteiger partial charge in [0.1, 0.15) is 12.4 Å². The molecule has 1 aromatic carbocycles. The number of nitrogens with zero attached hydrogens (tertiary/aromatic N) is 2. The fourth-order valence-electron chi connectivity index (χ4n) is 1.88. The molecule has 2 rings (SSSR count). The Balaban J connectivity index is 2.16. The minimum Gasteiger partial charge on any atom is -0.487 e. The second kappa shape index (κ2) is 6.09. The zero-order chi connectivity index (χ0) is 14.7. The third-order valence-electron chi connectivity index (χ3n) is 2.91. The van der Waals surface area contributed by atoms with Crippen LogP contribution in [0.25, 0.3) is 0 Å². The maximum absolute atomic E-state index is 10.9. The van der Waals surface area contributed by atoms with Gasteiger partial charge in [0.2, 0.25) is 0 Å². The van der Waals surface area contributed by atoms with Crippen molar-refractivity contribution in [2.45, 2.75) is 27.0 Å². The van der Waals surface area contributed by atoms with Crippen molar-refractivity contribution < 1.29 is 14.6 Å². The summed E-state index contributed by atoms with van der Waals surface area (Å²) < 4.78 is 8.45. The summed E-state index contributed by atoms with van der Waals surface area (Å²) in [4.78, 5) is 10.9. The summed E-state index contributed by atoms with van der Waals surface area (Å²) in [7, 11) is 0. The molecule has 1 N–H and O–H groups in total. The average Bonchev–Trinajstić information content (AvgIpc) is 2.72. The summed E-state index contributed by atoms with van der Waals surface area (Å²) >= 11 is 3.50. The van der Waals surface area contributed by atoms with Crippen LogP contribution in [0.5, 0.6) is 5.75 Å². The van der Waals surface area contributed by atoms with Gasteiger partial charge in [-0.2, -0.15) is 5.10 Å². The van der Waals surface area contributed by atoms with Crippen LogP contribution in [-0.2, 0) is 13.2 Å². The Bertz CT molecular complexity index is 637. The zero-order valence-corrected chi connectivity index (χ0v) is 12.8. The Hall–Kier alpha value is -1.82. The first-order valence-electron chi connectivity index (χ1n) is 6.20. The predicted molar refractivity (Wildman–Crippen MR) is 78.1 cm³/mol. The Labute approximate surface area is 125 Å². The minimum absolute atomic E-state index is 0.210. The molecule has 20 heavy (non-hydrogen) atoms. The highest BCUT2D eigenvalue weighted by atomic mass is 79.9. The molecular weight excluding hydrogens is 324 g/mol. The number of halogens is 1. The molecule has 0 aliphatic heterocycles. The Kier molecular flexibility index (Phi) is 4.44. The molecule has 2 aromatic rings. The van der Waals surface area contributed by atoms with Gasteiger partial charge in [0.05, 0.1) is 21.4 Å². The number of aryl methyl sites for hydroxylation is 2. The van der Waals surface area contributed by atoms with E-state index in [1.54, 1.807) is 12.1 Å². The van der Waals surface area contributed by atoms with Crippen molar-refractivity contribution in [3.8, 4) is 5.75 Å². The van der Waals surface area contributed by atoms with E-state index in [1.807, 2.05) is 18.5 Å². The van der Waals surface area contributed by atoms with Crippen molar-refractivity contribution >= 4 is 21.9 Å². The standard InChI is InChI=1S/C14H15BrN2O3/c1-3-17-12(13(15)9(2)16-17)8-20-11-6-4-5-10(7-11)14(18)19/h4-7H,3,8H2,1-2H3,(H,18,19). The van der Waals surface area contributed by atoms with Crippen LogP contribution in [0.15, 0.2) is 28.7 Å². The van der Waals surface area contributed by atoms with Crippen LogP contribution in [0.4, 0.5) is 0 Å². The molecule has 1 heterocycles. The second-order valence-electron chi connectivity index (χ2n) is 4.28. The lowest BCUT2D eigenvalue weighted by Gasteiger charge is -2.09. The monoisotopic (exact) mass is 338 g/mol. The van der Waals surface area contributed by atoms with Crippen molar-refractivity contribution in [1.29, 1.82) is 0 Å². The van der Waals surface area contributed by atoms with Crippen LogP contribution in [0.3, 0.4) is 0 Å². The van der Waals surface area contributed by atoms with Crippen LogP contribution < -0.4 is 4.74 Å². The summed E-state index contributed by atoms with van der Waals surface area (Å²) in [6.45, 7) is 5.01. The second-order valence-corrected chi connectivity index (χ2v) is 5.08. The van der Waals surface area contributed by atoms with E-state index in [4.69, 9.17) is 9.84 Å². The van der Waals surface area contributed by atoms with E-state index in [1.165, 1.54) is 12.1 Å². The fourth-order valence-corrected chi connectivity index (χ4v) is 2.28. The van der Waals surface area contributed by atoms with Crippen LogP contribution in [0, 0.1) is 6.92 Å². The van der Waals surface area contributed by atoms with Crippen LogP contribution in [0.1, 0.15) is 28.7 Å². The molecule has 0 saturated heterocycles. The summed E-state index contributed by atoms with van der Waals surface area (Å²) in [5.74, 6) is -0.440. The van der Waals surface area contributed by atoms with E-state index in [2.05, 4.69) is 21.0 Å². The van der Waals surface area contributed by atoms with Crippen molar-refractivity contribution in [2.75, 3.05) is 0 Å². The Morgan fingerprint density at radius 2 is 2.25 bits per heavy atom. The molecule has 5 nitrogen and oxygen atoms in total. The molecule has 106 valence electrons. The highest BCUT2D eigenvalue weighted by Crippen LogP contribution is 2.23. The first-order chi connectivity index (χ1) is 9.52. The summed E-state index contributed by atoms with van der Waals surface area (Å²) in [5.41, 5.74) is 2.05. The maximum Gasteiger partial charge on any atom is 0.335 e. The number of ether oxygens (including phenoxy) is 1. The zero-order valence-electron chi connectivity index (χ0n) is 11.3. The molecule has 1 aromatic heterocycles. The number of rotatable bonds is 5. The molecule has 0 aliphatic carbocycles. The van der Waals surface area contributed by atoms with Gasteiger partial charge in [0.25, 0.3) is 0 Å².